The molecule has 0 aliphatic carbocycles. The van der Waals surface area contributed by atoms with Crippen molar-refractivity contribution >= 4 is 33.7 Å². The average molecular weight is 393 g/mol. The number of ether oxygens (including phenoxy) is 2. The SMILES string of the molecule is CC(=O)Oc1ccc(Br)cc1[C@@H]1OC(c2ccco2)=NN1C(C)=O. The Bertz CT molecular complexity index is 816. The van der Waals surface area contributed by atoms with Gasteiger partial charge in [-0.2, -0.15) is 5.01 Å². The largest absolute Gasteiger partial charge is 0.459 e. The maximum absolute atomic E-state index is 12.0. The third-order valence-corrected chi connectivity index (χ3v) is 3.68. The normalized spacial score (nSPS) is 16.5. The van der Waals surface area contributed by atoms with Crippen molar-refractivity contribution in [2.45, 2.75) is 20.1 Å². The summed E-state index contributed by atoms with van der Waals surface area (Å²) in [5.74, 6) is 0.0630. The van der Waals surface area contributed by atoms with Gasteiger partial charge in [-0.1, -0.05) is 15.9 Å². The zero-order valence-electron chi connectivity index (χ0n) is 12.9. The quantitative estimate of drug-likeness (QED) is 0.591. The van der Waals surface area contributed by atoms with Crippen LogP contribution in [0.1, 0.15) is 31.4 Å². The number of hydrogen-bond donors (Lipinski definition) is 0. The Morgan fingerprint density at radius 1 is 1.29 bits per heavy atom. The summed E-state index contributed by atoms with van der Waals surface area (Å²) < 4.78 is 17.0. The topological polar surface area (TPSA) is 81.3 Å². The second-order valence-corrected chi connectivity index (χ2v) is 5.91. The molecule has 1 amide bonds. The minimum atomic E-state index is -0.866. The van der Waals surface area contributed by atoms with Crippen molar-refractivity contribution in [2.75, 3.05) is 0 Å². The smallest absolute Gasteiger partial charge is 0.308 e. The molecular formula is C16H13BrN2O5. The van der Waals surface area contributed by atoms with E-state index in [1.165, 1.54) is 25.1 Å². The number of furan rings is 1. The molecule has 0 fully saturated rings. The van der Waals surface area contributed by atoms with Gasteiger partial charge in [0.25, 0.3) is 5.90 Å². The van der Waals surface area contributed by atoms with Gasteiger partial charge in [0.15, 0.2) is 5.76 Å². The molecule has 2 aromatic rings. The Kier molecular flexibility index (Phi) is 4.39. The molecule has 0 saturated heterocycles. The van der Waals surface area contributed by atoms with E-state index >= 15 is 0 Å². The second-order valence-electron chi connectivity index (χ2n) is 4.99. The zero-order chi connectivity index (χ0) is 17.3. The van der Waals surface area contributed by atoms with Gasteiger partial charge in [-0.25, -0.2) is 0 Å². The Morgan fingerprint density at radius 3 is 2.71 bits per heavy atom. The summed E-state index contributed by atoms with van der Waals surface area (Å²) in [6.45, 7) is 2.67. The molecule has 2 heterocycles. The lowest BCUT2D eigenvalue weighted by Crippen LogP contribution is -2.26. The van der Waals surface area contributed by atoms with E-state index in [1.54, 1.807) is 30.3 Å². The van der Waals surface area contributed by atoms with E-state index in [1.807, 2.05) is 0 Å². The minimum Gasteiger partial charge on any atom is -0.459 e. The molecule has 124 valence electrons. The first kappa shape index (κ1) is 16.3. The molecule has 0 radical (unpaired) electrons. The predicted molar refractivity (Wildman–Crippen MR) is 87.0 cm³/mol. The fraction of sp³-hybridized carbons (Fsp3) is 0.188. The summed E-state index contributed by atoms with van der Waals surface area (Å²) in [6.07, 6.45) is 0.616. The fourth-order valence-electron chi connectivity index (χ4n) is 2.23. The molecule has 1 aliphatic rings. The highest BCUT2D eigenvalue weighted by Gasteiger charge is 2.36. The number of hydrogen-bond acceptors (Lipinski definition) is 6. The number of carbonyl (C=O) groups excluding carboxylic acids is 2. The van der Waals surface area contributed by atoms with Crippen molar-refractivity contribution in [2.24, 2.45) is 5.10 Å². The molecule has 0 spiro atoms. The van der Waals surface area contributed by atoms with Crippen molar-refractivity contribution in [3.8, 4) is 5.75 Å². The molecule has 1 aromatic carbocycles. The van der Waals surface area contributed by atoms with Gasteiger partial charge in [-0.15, -0.1) is 5.10 Å². The van der Waals surface area contributed by atoms with E-state index in [0.717, 1.165) is 4.47 Å². The first-order chi connectivity index (χ1) is 11.5. The van der Waals surface area contributed by atoms with E-state index in [-0.39, 0.29) is 17.6 Å². The van der Waals surface area contributed by atoms with Gasteiger partial charge in [0.2, 0.25) is 12.1 Å². The van der Waals surface area contributed by atoms with Crippen LogP contribution in [0.3, 0.4) is 0 Å². The van der Waals surface area contributed by atoms with E-state index in [0.29, 0.717) is 11.3 Å². The maximum atomic E-state index is 12.0. The van der Waals surface area contributed by atoms with Crippen LogP contribution < -0.4 is 4.74 Å². The van der Waals surface area contributed by atoms with Gasteiger partial charge in [-0.05, 0) is 30.3 Å². The molecule has 0 bridgehead atoms. The number of nitrogens with zero attached hydrogens (tertiary/aromatic N) is 2. The van der Waals surface area contributed by atoms with Crippen LogP contribution in [0, 0.1) is 0 Å². The lowest BCUT2D eigenvalue weighted by Gasteiger charge is -2.21. The highest BCUT2D eigenvalue weighted by Crippen LogP contribution is 2.37. The van der Waals surface area contributed by atoms with E-state index in [9.17, 15) is 9.59 Å². The zero-order valence-corrected chi connectivity index (χ0v) is 14.4. The number of amides is 1. The highest BCUT2D eigenvalue weighted by atomic mass is 79.9. The molecule has 1 aliphatic heterocycles. The van der Waals surface area contributed by atoms with Gasteiger partial charge in [0.05, 0.1) is 11.8 Å². The first-order valence-corrected chi connectivity index (χ1v) is 7.82. The maximum Gasteiger partial charge on any atom is 0.308 e. The summed E-state index contributed by atoms with van der Waals surface area (Å²) in [6, 6.07) is 8.42. The lowest BCUT2D eigenvalue weighted by atomic mass is 10.1. The molecule has 7 nitrogen and oxygen atoms in total. The van der Waals surface area contributed by atoms with E-state index < -0.39 is 12.2 Å². The number of hydrazone groups is 1. The standard InChI is InChI=1S/C16H13BrN2O5/c1-9(20)19-16(24-15(18-19)14-4-3-7-22-14)12-8-11(17)5-6-13(12)23-10(2)21/h3-8,16H,1-2H3/t16-/m0/s1. The highest BCUT2D eigenvalue weighted by molar-refractivity contribution is 9.10. The molecule has 0 saturated carbocycles. The van der Waals surface area contributed by atoms with E-state index in [4.69, 9.17) is 13.9 Å². The van der Waals surface area contributed by atoms with E-state index in [2.05, 4.69) is 21.0 Å². The molecule has 1 atom stereocenters. The predicted octanol–water partition coefficient (Wildman–Crippen LogP) is 3.21. The minimum absolute atomic E-state index is 0.175. The Hall–Kier alpha value is -2.61. The van der Waals surface area contributed by atoms with Crippen molar-refractivity contribution in [1.82, 2.24) is 5.01 Å². The van der Waals surface area contributed by atoms with Crippen LogP contribution in [-0.4, -0.2) is 22.8 Å². The summed E-state index contributed by atoms with van der Waals surface area (Å²) in [5.41, 5.74) is 0.486. The number of esters is 1. The van der Waals surface area contributed by atoms with Gasteiger partial charge in [0, 0.05) is 18.3 Å². The van der Waals surface area contributed by atoms with Crippen molar-refractivity contribution in [3.05, 3.63) is 52.4 Å². The summed E-state index contributed by atoms with van der Waals surface area (Å²) in [4.78, 5) is 23.3. The van der Waals surface area contributed by atoms with Gasteiger partial charge in [-0.3, -0.25) is 9.59 Å². The van der Waals surface area contributed by atoms with Crippen LogP contribution in [0.15, 0.2) is 50.6 Å². The van der Waals surface area contributed by atoms with Crippen LogP contribution >= 0.6 is 15.9 Å². The third-order valence-electron chi connectivity index (χ3n) is 3.19. The number of carbonyl (C=O) groups is 2. The number of halogens is 1. The van der Waals surface area contributed by atoms with Gasteiger partial charge < -0.3 is 13.9 Å². The molecule has 1 aromatic heterocycles. The van der Waals surface area contributed by atoms with Gasteiger partial charge in [0.1, 0.15) is 5.75 Å². The van der Waals surface area contributed by atoms with Crippen LogP contribution in [0.5, 0.6) is 5.75 Å². The Morgan fingerprint density at radius 2 is 2.08 bits per heavy atom. The fourth-order valence-corrected chi connectivity index (χ4v) is 2.61. The average Bonchev–Trinajstić information content (AvgIpc) is 3.16. The van der Waals surface area contributed by atoms with Crippen molar-refractivity contribution in [3.63, 3.8) is 0 Å². The molecule has 24 heavy (non-hydrogen) atoms. The van der Waals surface area contributed by atoms with Crippen LogP contribution in [-0.2, 0) is 14.3 Å². The van der Waals surface area contributed by atoms with Crippen molar-refractivity contribution < 1.29 is 23.5 Å². The summed E-state index contributed by atoms with van der Waals surface area (Å²) >= 11 is 3.37. The number of rotatable bonds is 3. The van der Waals surface area contributed by atoms with Crippen LogP contribution in [0.25, 0.3) is 0 Å². The molecule has 0 unspecified atom stereocenters. The third kappa shape index (κ3) is 3.18. The molecule has 8 heteroatoms. The molecule has 3 rings (SSSR count). The van der Waals surface area contributed by atoms with Crippen molar-refractivity contribution in [1.29, 1.82) is 0 Å². The Balaban J connectivity index is 2.01. The lowest BCUT2D eigenvalue weighted by molar-refractivity contribution is -0.135. The first-order valence-electron chi connectivity index (χ1n) is 7.02. The molecular weight excluding hydrogens is 380 g/mol. The van der Waals surface area contributed by atoms with Gasteiger partial charge >= 0.3 is 5.97 Å². The monoisotopic (exact) mass is 392 g/mol. The summed E-state index contributed by atoms with van der Waals surface area (Å²) in [5, 5.41) is 5.34. The van der Waals surface area contributed by atoms with Crippen LogP contribution in [0.2, 0.25) is 0 Å². The number of benzene rings is 1. The second kappa shape index (κ2) is 6.48. The van der Waals surface area contributed by atoms with Crippen LogP contribution in [0.4, 0.5) is 0 Å². The Labute approximate surface area is 146 Å². The molecule has 0 N–H and O–H groups in total. The summed E-state index contributed by atoms with van der Waals surface area (Å²) in [7, 11) is 0.